The lowest BCUT2D eigenvalue weighted by Gasteiger charge is -2.36. The number of rotatable bonds is 7. The van der Waals surface area contributed by atoms with Crippen LogP contribution < -0.4 is 10.5 Å². The number of piperidine rings is 1. The molecule has 2 unspecified atom stereocenters. The summed E-state index contributed by atoms with van der Waals surface area (Å²) >= 11 is 0. The second-order valence-corrected chi connectivity index (χ2v) is 11.4. The third-order valence-corrected chi connectivity index (χ3v) is 8.88. The van der Waals surface area contributed by atoms with Crippen LogP contribution in [0.1, 0.15) is 65.9 Å². The lowest BCUT2D eigenvalue weighted by atomic mass is 10.0. The topological polar surface area (TPSA) is 73.4 Å². The van der Waals surface area contributed by atoms with E-state index in [-0.39, 0.29) is 6.10 Å². The fourth-order valence-electron chi connectivity index (χ4n) is 6.49. The number of carbonyl (C=O) groups excluding carboxylic acids is 1. The van der Waals surface area contributed by atoms with Crippen LogP contribution in [0.2, 0.25) is 0 Å². The smallest absolute Gasteiger partial charge is 0.248 e. The van der Waals surface area contributed by atoms with Crippen LogP contribution >= 0.6 is 0 Å². The summed E-state index contributed by atoms with van der Waals surface area (Å²) in [6.07, 6.45) is 7.65. The lowest BCUT2D eigenvalue weighted by Crippen LogP contribution is -2.43. The maximum Gasteiger partial charge on any atom is 0.248 e. The first-order chi connectivity index (χ1) is 18.5. The highest BCUT2D eigenvalue weighted by Gasteiger charge is 2.39. The standard InChI is InChI=1S/C32H34N4O2/c1-35-25-11-12-26(35)18-28(17-25)38-27-13-8-23(9-14-27)31-29-16-24(32(33)37)10-15-30(29)36(34-31)19-20-2-4-21(5-3-20)22-6-7-22/h2-5,8-10,13-16,22,25-26,28H,6-7,11-12,17-19H2,1H3,(H2,33,37). The highest BCUT2D eigenvalue weighted by Crippen LogP contribution is 2.40. The van der Waals surface area contributed by atoms with Gasteiger partial charge in [0.15, 0.2) is 0 Å². The Morgan fingerprint density at radius 2 is 1.66 bits per heavy atom. The Kier molecular flexibility index (Phi) is 5.73. The predicted molar refractivity (Wildman–Crippen MR) is 149 cm³/mol. The monoisotopic (exact) mass is 506 g/mol. The molecule has 0 spiro atoms. The zero-order valence-corrected chi connectivity index (χ0v) is 21.8. The normalized spacial score (nSPS) is 23.1. The molecule has 38 heavy (non-hydrogen) atoms. The number of amides is 1. The van der Waals surface area contributed by atoms with E-state index in [1.54, 1.807) is 6.07 Å². The average molecular weight is 507 g/mol. The average Bonchev–Trinajstić information content (AvgIpc) is 3.69. The molecule has 2 N–H and O–H groups in total. The van der Waals surface area contributed by atoms with E-state index >= 15 is 0 Å². The van der Waals surface area contributed by atoms with Gasteiger partial charge in [-0.1, -0.05) is 24.3 Å². The molecule has 3 heterocycles. The molecule has 1 saturated carbocycles. The molecular formula is C32H34N4O2. The Morgan fingerprint density at radius 1 is 0.947 bits per heavy atom. The van der Waals surface area contributed by atoms with Gasteiger partial charge >= 0.3 is 0 Å². The minimum absolute atomic E-state index is 0.277. The molecule has 1 aromatic heterocycles. The lowest BCUT2D eigenvalue weighted by molar-refractivity contribution is 0.0662. The van der Waals surface area contributed by atoms with Gasteiger partial charge in [0.05, 0.1) is 12.1 Å². The van der Waals surface area contributed by atoms with E-state index in [4.69, 9.17) is 15.6 Å². The van der Waals surface area contributed by atoms with Gasteiger partial charge in [0.25, 0.3) is 0 Å². The van der Waals surface area contributed by atoms with Crippen LogP contribution in [0.4, 0.5) is 0 Å². The Morgan fingerprint density at radius 3 is 2.32 bits per heavy atom. The molecule has 7 rings (SSSR count). The van der Waals surface area contributed by atoms with Gasteiger partial charge in [-0.05, 0) is 105 Å². The molecule has 1 aliphatic carbocycles. The van der Waals surface area contributed by atoms with Crippen LogP contribution in [0.3, 0.4) is 0 Å². The third kappa shape index (κ3) is 4.37. The van der Waals surface area contributed by atoms with Crippen LogP contribution in [0.15, 0.2) is 66.7 Å². The molecular weight excluding hydrogens is 472 g/mol. The van der Waals surface area contributed by atoms with Crippen molar-refractivity contribution < 1.29 is 9.53 Å². The number of nitrogens with two attached hydrogens (primary N) is 1. The summed E-state index contributed by atoms with van der Waals surface area (Å²) in [5.74, 6) is 1.21. The SMILES string of the molecule is CN1C2CCC1CC(Oc1ccc(-c3nn(Cc4ccc(C5CC5)cc4)c4ccc(C(N)=O)cc34)cc1)C2. The molecule has 6 nitrogen and oxygen atoms in total. The van der Waals surface area contributed by atoms with Gasteiger partial charge in [-0.3, -0.25) is 9.48 Å². The number of fused-ring (bicyclic) bond motifs is 3. The van der Waals surface area contributed by atoms with Crippen molar-refractivity contribution in [2.24, 2.45) is 5.73 Å². The Hall–Kier alpha value is -3.64. The van der Waals surface area contributed by atoms with Crippen LogP contribution in [0.25, 0.3) is 22.2 Å². The zero-order chi connectivity index (χ0) is 25.8. The van der Waals surface area contributed by atoms with Crippen molar-refractivity contribution in [1.29, 1.82) is 0 Å². The molecule has 2 saturated heterocycles. The van der Waals surface area contributed by atoms with Gasteiger partial charge in [-0.25, -0.2) is 0 Å². The molecule has 3 fully saturated rings. The first kappa shape index (κ1) is 23.5. The second kappa shape index (κ2) is 9.28. The molecule has 1 amide bonds. The minimum Gasteiger partial charge on any atom is -0.490 e. The van der Waals surface area contributed by atoms with Crippen LogP contribution in [0, 0.1) is 0 Å². The highest BCUT2D eigenvalue weighted by atomic mass is 16.5. The summed E-state index contributed by atoms with van der Waals surface area (Å²) in [7, 11) is 2.25. The predicted octanol–water partition coefficient (Wildman–Crippen LogP) is 5.73. The molecule has 194 valence electrons. The summed E-state index contributed by atoms with van der Waals surface area (Å²) < 4.78 is 8.44. The first-order valence-electron chi connectivity index (χ1n) is 13.9. The molecule has 3 aliphatic rings. The number of ether oxygens (including phenoxy) is 1. The van der Waals surface area contributed by atoms with Crippen molar-refractivity contribution in [3.05, 3.63) is 83.4 Å². The molecule has 2 aliphatic heterocycles. The summed E-state index contributed by atoms with van der Waals surface area (Å²) in [5, 5.41) is 5.95. The van der Waals surface area contributed by atoms with Gasteiger partial charge in [-0.2, -0.15) is 5.10 Å². The maximum absolute atomic E-state index is 12.0. The van der Waals surface area contributed by atoms with Crippen molar-refractivity contribution >= 4 is 16.8 Å². The Bertz CT molecular complexity index is 1470. The fourth-order valence-corrected chi connectivity index (χ4v) is 6.49. The van der Waals surface area contributed by atoms with Crippen molar-refractivity contribution in [2.45, 2.75) is 69.2 Å². The van der Waals surface area contributed by atoms with E-state index < -0.39 is 5.91 Å². The first-order valence-corrected chi connectivity index (χ1v) is 13.9. The van der Waals surface area contributed by atoms with Crippen LogP contribution in [-0.4, -0.2) is 45.8 Å². The largest absolute Gasteiger partial charge is 0.490 e. The third-order valence-electron chi connectivity index (χ3n) is 8.88. The van der Waals surface area contributed by atoms with Crippen molar-refractivity contribution in [2.75, 3.05) is 7.05 Å². The van der Waals surface area contributed by atoms with E-state index in [1.807, 2.05) is 16.8 Å². The van der Waals surface area contributed by atoms with Gasteiger partial charge in [0.2, 0.25) is 5.91 Å². The minimum atomic E-state index is -0.433. The summed E-state index contributed by atoms with van der Waals surface area (Å²) in [5.41, 5.74) is 11.6. The van der Waals surface area contributed by atoms with Crippen LogP contribution in [0.5, 0.6) is 5.75 Å². The fraction of sp³-hybridized carbons (Fsp3) is 0.375. The summed E-state index contributed by atoms with van der Waals surface area (Å²) in [4.78, 5) is 14.5. The van der Waals surface area contributed by atoms with Crippen molar-refractivity contribution in [3.8, 4) is 17.0 Å². The van der Waals surface area contributed by atoms with Gasteiger partial charge < -0.3 is 15.4 Å². The molecule has 6 heteroatoms. The Balaban J connectivity index is 1.17. The molecule has 2 atom stereocenters. The zero-order valence-electron chi connectivity index (χ0n) is 21.8. The number of hydrogen-bond donors (Lipinski definition) is 1. The number of nitrogens with zero attached hydrogens (tertiary/aromatic N) is 3. The molecule has 2 bridgehead atoms. The van der Waals surface area contributed by atoms with E-state index in [9.17, 15) is 4.79 Å². The van der Waals surface area contributed by atoms with E-state index in [0.29, 0.717) is 24.2 Å². The number of carbonyl (C=O) groups is 1. The highest BCUT2D eigenvalue weighted by molar-refractivity contribution is 6.01. The van der Waals surface area contributed by atoms with Crippen LogP contribution in [-0.2, 0) is 6.54 Å². The van der Waals surface area contributed by atoms with Gasteiger partial charge in [-0.15, -0.1) is 0 Å². The van der Waals surface area contributed by atoms with Gasteiger partial charge in [0, 0.05) is 28.6 Å². The molecule has 0 radical (unpaired) electrons. The quantitative estimate of drug-likeness (QED) is 0.347. The second-order valence-electron chi connectivity index (χ2n) is 11.4. The number of primary amides is 1. The van der Waals surface area contributed by atoms with Gasteiger partial charge in [0.1, 0.15) is 17.5 Å². The van der Waals surface area contributed by atoms with Crippen molar-refractivity contribution in [3.63, 3.8) is 0 Å². The molecule has 4 aromatic rings. The van der Waals surface area contributed by atoms with E-state index in [2.05, 4.69) is 60.5 Å². The summed E-state index contributed by atoms with van der Waals surface area (Å²) in [6, 6.07) is 24.1. The molecule has 3 aromatic carbocycles. The maximum atomic E-state index is 12.0. The van der Waals surface area contributed by atoms with E-state index in [0.717, 1.165) is 46.7 Å². The number of aromatic nitrogens is 2. The van der Waals surface area contributed by atoms with E-state index in [1.165, 1.54) is 36.8 Å². The summed E-state index contributed by atoms with van der Waals surface area (Å²) in [6.45, 7) is 0.664. The Labute approximate surface area is 223 Å². The van der Waals surface area contributed by atoms with Crippen molar-refractivity contribution in [1.82, 2.24) is 14.7 Å². The number of benzene rings is 3. The number of hydrogen-bond acceptors (Lipinski definition) is 4.